The standard InChI is InChI=1S/C11H12F2O4/c1-2-16-8-5-3-4-7(11(14)15)10(8)17-6-9(12)13/h3-5,9H,2,6H2,1H3,(H,14,15). The van der Waals surface area contributed by atoms with E-state index in [0.717, 1.165) is 0 Å². The molecule has 0 fully saturated rings. The third kappa shape index (κ3) is 3.58. The monoisotopic (exact) mass is 246 g/mol. The van der Waals surface area contributed by atoms with Crippen LogP contribution in [-0.4, -0.2) is 30.7 Å². The predicted octanol–water partition coefficient (Wildman–Crippen LogP) is 2.43. The van der Waals surface area contributed by atoms with Crippen LogP contribution in [0.1, 0.15) is 17.3 Å². The molecule has 4 nitrogen and oxygen atoms in total. The maximum absolute atomic E-state index is 12.1. The highest BCUT2D eigenvalue weighted by atomic mass is 19.3. The van der Waals surface area contributed by atoms with E-state index in [1.54, 1.807) is 6.92 Å². The molecule has 0 saturated carbocycles. The molecule has 0 aromatic heterocycles. The van der Waals surface area contributed by atoms with Crippen molar-refractivity contribution < 1.29 is 28.2 Å². The van der Waals surface area contributed by atoms with E-state index in [1.807, 2.05) is 0 Å². The number of benzene rings is 1. The fraction of sp³-hybridized carbons (Fsp3) is 0.364. The van der Waals surface area contributed by atoms with Gasteiger partial charge in [-0.1, -0.05) is 6.07 Å². The fourth-order valence-electron chi connectivity index (χ4n) is 1.25. The number of ether oxygens (including phenoxy) is 2. The quantitative estimate of drug-likeness (QED) is 0.837. The Morgan fingerprint density at radius 3 is 2.65 bits per heavy atom. The number of halogens is 2. The Hall–Kier alpha value is -1.85. The van der Waals surface area contributed by atoms with Crippen molar-refractivity contribution in [1.29, 1.82) is 0 Å². The average Bonchev–Trinajstić information content (AvgIpc) is 2.27. The molecule has 17 heavy (non-hydrogen) atoms. The zero-order chi connectivity index (χ0) is 12.8. The second-order valence-corrected chi connectivity index (χ2v) is 3.07. The van der Waals surface area contributed by atoms with Crippen LogP contribution in [0, 0.1) is 0 Å². The van der Waals surface area contributed by atoms with Gasteiger partial charge in [0.1, 0.15) is 12.2 Å². The van der Waals surface area contributed by atoms with Crippen molar-refractivity contribution in [2.75, 3.05) is 13.2 Å². The van der Waals surface area contributed by atoms with Gasteiger partial charge in [0.25, 0.3) is 6.43 Å². The molecule has 1 aromatic rings. The summed E-state index contributed by atoms with van der Waals surface area (Å²) in [6.07, 6.45) is -2.67. The number of aromatic carboxylic acids is 1. The molecule has 0 heterocycles. The van der Waals surface area contributed by atoms with Gasteiger partial charge < -0.3 is 14.6 Å². The molecule has 1 N–H and O–H groups in total. The van der Waals surface area contributed by atoms with E-state index in [0.29, 0.717) is 0 Å². The third-order valence-electron chi connectivity index (χ3n) is 1.86. The van der Waals surface area contributed by atoms with Gasteiger partial charge in [0.2, 0.25) is 0 Å². The number of para-hydroxylation sites is 1. The van der Waals surface area contributed by atoms with Crippen LogP contribution in [0.5, 0.6) is 11.5 Å². The molecule has 0 spiro atoms. The van der Waals surface area contributed by atoms with E-state index in [4.69, 9.17) is 14.6 Å². The summed E-state index contributed by atoms with van der Waals surface area (Å²) in [7, 11) is 0. The highest BCUT2D eigenvalue weighted by Crippen LogP contribution is 2.31. The molecule has 0 radical (unpaired) electrons. The smallest absolute Gasteiger partial charge is 0.339 e. The number of alkyl halides is 2. The molecular weight excluding hydrogens is 234 g/mol. The molecule has 6 heteroatoms. The van der Waals surface area contributed by atoms with E-state index < -0.39 is 19.0 Å². The van der Waals surface area contributed by atoms with Gasteiger partial charge in [-0.3, -0.25) is 0 Å². The molecule has 0 saturated heterocycles. The Morgan fingerprint density at radius 2 is 2.12 bits per heavy atom. The first-order chi connectivity index (χ1) is 8.06. The predicted molar refractivity (Wildman–Crippen MR) is 56.1 cm³/mol. The van der Waals surface area contributed by atoms with E-state index >= 15 is 0 Å². The second-order valence-electron chi connectivity index (χ2n) is 3.07. The molecule has 0 atom stereocenters. The highest BCUT2D eigenvalue weighted by molar-refractivity contribution is 5.92. The summed E-state index contributed by atoms with van der Waals surface area (Å²) in [6, 6.07) is 4.20. The Balaban J connectivity index is 3.04. The number of carboxylic acids is 1. The highest BCUT2D eigenvalue weighted by Gasteiger charge is 2.17. The van der Waals surface area contributed by atoms with Crippen molar-refractivity contribution in [2.45, 2.75) is 13.3 Å². The van der Waals surface area contributed by atoms with Crippen LogP contribution in [0.15, 0.2) is 18.2 Å². The van der Waals surface area contributed by atoms with Crippen molar-refractivity contribution >= 4 is 5.97 Å². The molecule has 1 rings (SSSR count). The van der Waals surface area contributed by atoms with Crippen molar-refractivity contribution in [3.8, 4) is 11.5 Å². The van der Waals surface area contributed by atoms with Crippen LogP contribution in [0.2, 0.25) is 0 Å². The lowest BCUT2D eigenvalue weighted by Crippen LogP contribution is -2.11. The first kappa shape index (κ1) is 13.2. The van der Waals surface area contributed by atoms with Crippen molar-refractivity contribution in [2.24, 2.45) is 0 Å². The summed E-state index contributed by atoms with van der Waals surface area (Å²) in [5.74, 6) is -1.27. The zero-order valence-corrected chi connectivity index (χ0v) is 9.15. The lowest BCUT2D eigenvalue weighted by atomic mass is 10.2. The van der Waals surface area contributed by atoms with Crippen LogP contribution in [0.3, 0.4) is 0 Å². The summed E-state index contributed by atoms with van der Waals surface area (Å²) in [5.41, 5.74) is -0.198. The molecule has 0 aliphatic heterocycles. The lowest BCUT2D eigenvalue weighted by molar-refractivity contribution is 0.0658. The molecule has 0 amide bonds. The third-order valence-corrected chi connectivity index (χ3v) is 1.86. The minimum Gasteiger partial charge on any atom is -0.490 e. The van der Waals surface area contributed by atoms with Gasteiger partial charge in [-0.25, -0.2) is 13.6 Å². The Labute approximate surface area is 96.8 Å². The van der Waals surface area contributed by atoms with E-state index in [2.05, 4.69) is 0 Å². The van der Waals surface area contributed by atoms with E-state index in [1.165, 1.54) is 18.2 Å². The number of hydrogen-bond donors (Lipinski definition) is 1. The van der Waals surface area contributed by atoms with E-state index in [-0.39, 0.29) is 23.7 Å². The van der Waals surface area contributed by atoms with Gasteiger partial charge in [0, 0.05) is 0 Å². The van der Waals surface area contributed by atoms with Crippen LogP contribution >= 0.6 is 0 Å². The minimum atomic E-state index is -2.67. The largest absolute Gasteiger partial charge is 0.490 e. The number of carboxylic acid groups (broad SMARTS) is 1. The molecule has 0 aliphatic carbocycles. The summed E-state index contributed by atoms with van der Waals surface area (Å²) in [4.78, 5) is 10.9. The topological polar surface area (TPSA) is 55.8 Å². The molecule has 94 valence electrons. The van der Waals surface area contributed by atoms with Crippen LogP contribution in [-0.2, 0) is 0 Å². The van der Waals surface area contributed by atoms with Gasteiger partial charge >= 0.3 is 5.97 Å². The maximum Gasteiger partial charge on any atom is 0.339 e. The normalized spacial score (nSPS) is 10.4. The Bertz CT molecular complexity index is 393. The first-order valence-corrected chi connectivity index (χ1v) is 4.96. The SMILES string of the molecule is CCOc1cccc(C(=O)O)c1OCC(F)F. The van der Waals surface area contributed by atoms with Gasteiger partial charge in [-0.15, -0.1) is 0 Å². The summed E-state index contributed by atoms with van der Waals surface area (Å²) in [5, 5.41) is 8.90. The maximum atomic E-state index is 12.1. The summed E-state index contributed by atoms with van der Waals surface area (Å²) < 4.78 is 34.0. The van der Waals surface area contributed by atoms with Crippen molar-refractivity contribution in [3.63, 3.8) is 0 Å². The molecule has 1 aromatic carbocycles. The molecule has 0 bridgehead atoms. The van der Waals surface area contributed by atoms with Gasteiger partial charge in [0.15, 0.2) is 11.5 Å². The van der Waals surface area contributed by atoms with Crippen LogP contribution in [0.4, 0.5) is 8.78 Å². The average molecular weight is 246 g/mol. The molecule has 0 aliphatic rings. The Morgan fingerprint density at radius 1 is 1.41 bits per heavy atom. The molecule has 0 unspecified atom stereocenters. The number of rotatable bonds is 6. The summed E-state index contributed by atoms with van der Waals surface area (Å²) >= 11 is 0. The van der Waals surface area contributed by atoms with Crippen molar-refractivity contribution in [3.05, 3.63) is 23.8 Å². The number of carbonyl (C=O) groups is 1. The van der Waals surface area contributed by atoms with E-state index in [9.17, 15) is 13.6 Å². The lowest BCUT2D eigenvalue weighted by Gasteiger charge is -2.13. The minimum absolute atomic E-state index is 0.146. The van der Waals surface area contributed by atoms with Crippen LogP contribution in [0.25, 0.3) is 0 Å². The van der Waals surface area contributed by atoms with Crippen molar-refractivity contribution in [1.82, 2.24) is 0 Å². The fourth-order valence-corrected chi connectivity index (χ4v) is 1.25. The number of hydrogen-bond acceptors (Lipinski definition) is 3. The van der Waals surface area contributed by atoms with Gasteiger partial charge in [-0.05, 0) is 19.1 Å². The zero-order valence-electron chi connectivity index (χ0n) is 9.15. The second kappa shape index (κ2) is 6.03. The molecular formula is C11H12F2O4. The first-order valence-electron chi connectivity index (χ1n) is 4.96. The summed E-state index contributed by atoms with van der Waals surface area (Å²) in [6.45, 7) is 1.11. The Kier molecular flexibility index (Phi) is 4.68. The van der Waals surface area contributed by atoms with Gasteiger partial charge in [0.05, 0.1) is 6.61 Å². The van der Waals surface area contributed by atoms with Gasteiger partial charge in [-0.2, -0.15) is 0 Å². The van der Waals surface area contributed by atoms with Crippen LogP contribution < -0.4 is 9.47 Å².